The number of hydrogen-bond donors (Lipinski definition) is 3. The molecule has 3 rings (SSSR count). The van der Waals surface area contributed by atoms with Gasteiger partial charge in [0, 0.05) is 41.9 Å². The molecule has 0 fully saturated rings. The Balaban J connectivity index is 1.76. The van der Waals surface area contributed by atoms with Crippen molar-refractivity contribution in [1.29, 1.82) is 0 Å². The topological polar surface area (TPSA) is 73.8 Å². The maximum absolute atomic E-state index is 10.4. The fourth-order valence-electron chi connectivity index (χ4n) is 2.45. The highest BCUT2D eigenvalue weighted by Gasteiger charge is 2.19. The number of pyridine rings is 1. The van der Waals surface area contributed by atoms with Gasteiger partial charge in [-0.25, -0.2) is 4.98 Å². The van der Waals surface area contributed by atoms with Gasteiger partial charge in [0.15, 0.2) is 0 Å². The van der Waals surface area contributed by atoms with Crippen molar-refractivity contribution in [2.45, 2.75) is 12.1 Å². The van der Waals surface area contributed by atoms with Crippen LogP contribution in [0.15, 0.2) is 61.2 Å². The molecule has 0 saturated carbocycles. The molecule has 5 nitrogen and oxygen atoms in total. The van der Waals surface area contributed by atoms with E-state index in [2.05, 4.69) is 20.3 Å². The molecule has 0 unspecified atom stereocenters. The Morgan fingerprint density at radius 3 is 2.61 bits per heavy atom. The van der Waals surface area contributed by atoms with Gasteiger partial charge in [-0.2, -0.15) is 0 Å². The molecule has 118 valence electrons. The second-order valence-electron chi connectivity index (χ2n) is 5.13. The summed E-state index contributed by atoms with van der Waals surface area (Å²) in [5.74, 6) is 0.780. The van der Waals surface area contributed by atoms with Crippen LogP contribution < -0.4 is 5.32 Å². The van der Waals surface area contributed by atoms with Crippen molar-refractivity contribution >= 4 is 11.6 Å². The highest BCUT2D eigenvalue weighted by Crippen LogP contribution is 2.24. The minimum Gasteiger partial charge on any atom is -0.387 e. The molecule has 23 heavy (non-hydrogen) atoms. The van der Waals surface area contributed by atoms with Gasteiger partial charge in [-0.15, -0.1) is 0 Å². The molecule has 0 aliphatic rings. The summed E-state index contributed by atoms with van der Waals surface area (Å²) in [6.45, 7) is 0.345. The predicted molar refractivity (Wildman–Crippen MR) is 89.1 cm³/mol. The summed E-state index contributed by atoms with van der Waals surface area (Å²) < 4.78 is 0. The molecule has 0 spiro atoms. The Hall–Kier alpha value is -2.21. The lowest BCUT2D eigenvalue weighted by molar-refractivity contribution is 0.171. The number of aromatic amines is 1. The van der Waals surface area contributed by atoms with Gasteiger partial charge in [-0.05, 0) is 23.8 Å². The van der Waals surface area contributed by atoms with Crippen LogP contribution >= 0.6 is 11.6 Å². The monoisotopic (exact) mass is 328 g/mol. The molecule has 0 aliphatic carbocycles. The highest BCUT2D eigenvalue weighted by atomic mass is 35.5. The van der Waals surface area contributed by atoms with Crippen LogP contribution in [-0.4, -0.2) is 26.6 Å². The molecule has 2 heterocycles. The number of nitrogens with zero attached hydrogens (tertiary/aromatic N) is 2. The van der Waals surface area contributed by atoms with E-state index in [1.807, 2.05) is 30.3 Å². The number of aliphatic hydroxyl groups excluding tert-OH is 1. The first-order valence-corrected chi connectivity index (χ1v) is 7.68. The number of nitrogens with one attached hydrogen (secondary N) is 2. The van der Waals surface area contributed by atoms with Gasteiger partial charge in [-0.1, -0.05) is 29.8 Å². The number of hydrogen-bond acceptors (Lipinski definition) is 4. The van der Waals surface area contributed by atoms with Crippen molar-refractivity contribution < 1.29 is 5.11 Å². The third-order valence-electron chi connectivity index (χ3n) is 3.61. The normalized spacial score (nSPS) is 13.7. The van der Waals surface area contributed by atoms with Crippen LogP contribution in [0, 0.1) is 0 Å². The molecule has 3 N–H and O–H groups in total. The Kier molecular flexibility index (Phi) is 5.02. The van der Waals surface area contributed by atoms with E-state index < -0.39 is 6.10 Å². The van der Waals surface area contributed by atoms with Gasteiger partial charge in [0.1, 0.15) is 5.82 Å². The van der Waals surface area contributed by atoms with Gasteiger partial charge in [0.05, 0.1) is 12.1 Å². The third kappa shape index (κ3) is 3.76. The number of halogens is 1. The van der Waals surface area contributed by atoms with Crippen molar-refractivity contribution in [3.8, 4) is 0 Å². The molecule has 0 aliphatic heterocycles. The molecule has 3 aromatic rings. The summed E-state index contributed by atoms with van der Waals surface area (Å²) in [6, 6.07) is 11.0. The molecule has 1 aromatic carbocycles. The average Bonchev–Trinajstić information content (AvgIpc) is 3.10. The lowest BCUT2D eigenvalue weighted by atomic mass is 10.1. The molecule has 0 saturated heterocycles. The first kappa shape index (κ1) is 15.7. The highest BCUT2D eigenvalue weighted by molar-refractivity contribution is 6.31. The Bertz CT molecular complexity index is 733. The predicted octanol–water partition coefficient (Wildman–Crippen LogP) is 2.87. The van der Waals surface area contributed by atoms with Crippen molar-refractivity contribution in [2.75, 3.05) is 6.54 Å². The van der Waals surface area contributed by atoms with Crippen LogP contribution in [0.1, 0.15) is 29.1 Å². The molecule has 2 aromatic heterocycles. The van der Waals surface area contributed by atoms with E-state index >= 15 is 0 Å². The van der Waals surface area contributed by atoms with E-state index in [9.17, 15) is 5.11 Å². The summed E-state index contributed by atoms with van der Waals surface area (Å²) in [4.78, 5) is 11.5. The van der Waals surface area contributed by atoms with E-state index in [0.717, 1.165) is 11.4 Å². The lowest BCUT2D eigenvalue weighted by Crippen LogP contribution is -2.28. The third-order valence-corrected chi connectivity index (χ3v) is 3.96. The van der Waals surface area contributed by atoms with Crippen LogP contribution in [-0.2, 0) is 0 Å². The number of H-pyrrole nitrogens is 1. The Morgan fingerprint density at radius 2 is 1.91 bits per heavy atom. The molecular formula is C17H17ClN4O. The minimum absolute atomic E-state index is 0.162. The first-order chi connectivity index (χ1) is 11.3. The van der Waals surface area contributed by atoms with Crippen molar-refractivity contribution in [3.63, 3.8) is 0 Å². The second kappa shape index (κ2) is 7.37. The number of rotatable bonds is 6. The fourth-order valence-corrected chi connectivity index (χ4v) is 2.71. The maximum atomic E-state index is 10.4. The molecule has 0 bridgehead atoms. The summed E-state index contributed by atoms with van der Waals surface area (Å²) in [5, 5.41) is 14.3. The number of aliphatic hydroxyl groups is 1. The SMILES string of the molecule is O[C@@H](CN[C@H](c1ccncc1)c1ncc[nH]1)c1ccccc1Cl. The van der Waals surface area contributed by atoms with Crippen LogP contribution in [0.25, 0.3) is 0 Å². The zero-order valence-corrected chi connectivity index (χ0v) is 13.1. The van der Waals surface area contributed by atoms with Crippen molar-refractivity contribution in [2.24, 2.45) is 0 Å². The standard InChI is InChI=1S/C17H17ClN4O/c18-14-4-2-1-3-13(14)15(23)11-22-16(17-20-9-10-21-17)12-5-7-19-8-6-12/h1-10,15-16,22-23H,11H2,(H,20,21)/t15-,16+/m0/s1. The summed E-state index contributed by atoms with van der Waals surface area (Å²) in [7, 11) is 0. The van der Waals surface area contributed by atoms with E-state index in [4.69, 9.17) is 11.6 Å². The average molecular weight is 329 g/mol. The largest absolute Gasteiger partial charge is 0.387 e. The quantitative estimate of drug-likeness (QED) is 0.650. The van der Waals surface area contributed by atoms with Gasteiger partial charge >= 0.3 is 0 Å². The Labute approximate surface area is 139 Å². The van der Waals surface area contributed by atoms with Crippen LogP contribution in [0.4, 0.5) is 0 Å². The van der Waals surface area contributed by atoms with Gasteiger partial charge in [0.2, 0.25) is 0 Å². The summed E-state index contributed by atoms with van der Waals surface area (Å²) >= 11 is 6.14. The second-order valence-corrected chi connectivity index (χ2v) is 5.54. The van der Waals surface area contributed by atoms with Gasteiger partial charge in [-0.3, -0.25) is 4.98 Å². The molecule has 0 radical (unpaired) electrons. The van der Waals surface area contributed by atoms with Crippen LogP contribution in [0.3, 0.4) is 0 Å². The number of aromatic nitrogens is 3. The molecule has 6 heteroatoms. The van der Waals surface area contributed by atoms with Crippen molar-refractivity contribution in [3.05, 3.63) is 83.2 Å². The lowest BCUT2D eigenvalue weighted by Gasteiger charge is -2.20. The molecule has 0 amide bonds. The zero-order valence-electron chi connectivity index (χ0n) is 12.4. The smallest absolute Gasteiger partial charge is 0.127 e. The van der Waals surface area contributed by atoms with Crippen LogP contribution in [0.5, 0.6) is 0 Å². The summed E-state index contributed by atoms with van der Waals surface area (Å²) in [6.07, 6.45) is 6.24. The molecule has 2 atom stereocenters. The zero-order chi connectivity index (χ0) is 16.1. The fraction of sp³-hybridized carbons (Fsp3) is 0.176. The Morgan fingerprint density at radius 1 is 1.13 bits per heavy atom. The van der Waals surface area contributed by atoms with E-state index in [0.29, 0.717) is 17.1 Å². The van der Waals surface area contributed by atoms with E-state index in [1.165, 1.54) is 0 Å². The first-order valence-electron chi connectivity index (χ1n) is 7.31. The molecular weight excluding hydrogens is 312 g/mol. The number of imidazole rings is 1. The van der Waals surface area contributed by atoms with Gasteiger partial charge < -0.3 is 15.4 Å². The number of benzene rings is 1. The maximum Gasteiger partial charge on any atom is 0.127 e. The van der Waals surface area contributed by atoms with Crippen LogP contribution in [0.2, 0.25) is 5.02 Å². The van der Waals surface area contributed by atoms with Gasteiger partial charge in [0.25, 0.3) is 0 Å². The minimum atomic E-state index is -0.706. The van der Waals surface area contributed by atoms with Crippen molar-refractivity contribution in [1.82, 2.24) is 20.3 Å². The van der Waals surface area contributed by atoms with E-state index in [-0.39, 0.29) is 6.04 Å². The van der Waals surface area contributed by atoms with E-state index in [1.54, 1.807) is 30.9 Å². The summed E-state index contributed by atoms with van der Waals surface area (Å²) in [5.41, 5.74) is 1.72.